The number of ketones is 1. The monoisotopic (exact) mass is 294 g/mol. The van der Waals surface area contributed by atoms with Crippen LogP contribution in [0.3, 0.4) is 0 Å². The molecule has 1 heterocycles. The SMILES string of the molecule is CC(=O)c1cccc(NC(=O)/C(C#N)=C/c2ccc(C)o2)c1. The molecule has 0 aliphatic carbocycles. The number of nitrogens with one attached hydrogen (secondary N) is 1. The Kier molecular flexibility index (Phi) is 4.54. The number of furan rings is 1. The second kappa shape index (κ2) is 6.55. The summed E-state index contributed by atoms with van der Waals surface area (Å²) in [7, 11) is 0. The van der Waals surface area contributed by atoms with Gasteiger partial charge < -0.3 is 9.73 Å². The number of hydrogen-bond donors (Lipinski definition) is 1. The number of amides is 1. The summed E-state index contributed by atoms with van der Waals surface area (Å²) >= 11 is 0. The molecule has 0 spiro atoms. The molecular formula is C17H14N2O3. The normalized spacial score (nSPS) is 10.9. The first-order valence-corrected chi connectivity index (χ1v) is 6.60. The fourth-order valence-corrected chi connectivity index (χ4v) is 1.84. The van der Waals surface area contributed by atoms with Crippen molar-refractivity contribution in [1.82, 2.24) is 0 Å². The van der Waals surface area contributed by atoms with E-state index in [1.165, 1.54) is 13.0 Å². The van der Waals surface area contributed by atoms with Gasteiger partial charge in [0.1, 0.15) is 23.2 Å². The van der Waals surface area contributed by atoms with Crippen molar-refractivity contribution in [2.24, 2.45) is 0 Å². The number of nitriles is 1. The predicted molar refractivity (Wildman–Crippen MR) is 82.1 cm³/mol. The lowest BCUT2D eigenvalue weighted by Crippen LogP contribution is -2.13. The van der Waals surface area contributed by atoms with Gasteiger partial charge >= 0.3 is 0 Å². The fraction of sp³-hybridized carbons (Fsp3) is 0.118. The third-order valence-corrected chi connectivity index (χ3v) is 2.94. The van der Waals surface area contributed by atoms with Gasteiger partial charge in [-0.25, -0.2) is 0 Å². The summed E-state index contributed by atoms with van der Waals surface area (Å²) in [5.74, 6) is 0.468. The number of anilines is 1. The van der Waals surface area contributed by atoms with Gasteiger partial charge in [0.05, 0.1) is 0 Å². The van der Waals surface area contributed by atoms with Crippen molar-refractivity contribution in [2.45, 2.75) is 13.8 Å². The lowest BCUT2D eigenvalue weighted by molar-refractivity contribution is -0.112. The highest BCUT2D eigenvalue weighted by Gasteiger charge is 2.11. The van der Waals surface area contributed by atoms with E-state index in [9.17, 15) is 9.59 Å². The first-order valence-electron chi connectivity index (χ1n) is 6.60. The number of aryl methyl sites for hydroxylation is 1. The van der Waals surface area contributed by atoms with Gasteiger partial charge in [-0.2, -0.15) is 5.26 Å². The van der Waals surface area contributed by atoms with Crippen LogP contribution in [0.25, 0.3) is 6.08 Å². The Balaban J connectivity index is 2.20. The summed E-state index contributed by atoms with van der Waals surface area (Å²) in [6, 6.07) is 11.8. The van der Waals surface area contributed by atoms with Gasteiger partial charge in [-0.15, -0.1) is 0 Å². The minimum Gasteiger partial charge on any atom is -0.462 e. The average molecular weight is 294 g/mol. The minimum atomic E-state index is -0.558. The number of Topliss-reactive ketones (excluding diaryl/α,β-unsaturated/α-hetero) is 1. The quantitative estimate of drug-likeness (QED) is 0.532. The molecule has 1 aromatic carbocycles. The van der Waals surface area contributed by atoms with E-state index in [0.29, 0.717) is 22.8 Å². The lowest BCUT2D eigenvalue weighted by atomic mass is 10.1. The molecule has 0 atom stereocenters. The van der Waals surface area contributed by atoms with E-state index in [2.05, 4.69) is 5.32 Å². The van der Waals surface area contributed by atoms with Crippen molar-refractivity contribution in [3.8, 4) is 6.07 Å². The Morgan fingerprint density at radius 2 is 2.05 bits per heavy atom. The van der Waals surface area contributed by atoms with Crippen molar-refractivity contribution in [2.75, 3.05) is 5.32 Å². The third-order valence-electron chi connectivity index (χ3n) is 2.94. The second-order valence-corrected chi connectivity index (χ2v) is 4.71. The Labute approximate surface area is 127 Å². The molecule has 1 aromatic heterocycles. The van der Waals surface area contributed by atoms with Gasteiger partial charge in [0.15, 0.2) is 5.78 Å². The first-order chi connectivity index (χ1) is 10.5. The fourth-order valence-electron chi connectivity index (χ4n) is 1.84. The van der Waals surface area contributed by atoms with Crippen molar-refractivity contribution in [3.63, 3.8) is 0 Å². The number of hydrogen-bond acceptors (Lipinski definition) is 4. The van der Waals surface area contributed by atoms with Crippen LogP contribution in [0.5, 0.6) is 0 Å². The van der Waals surface area contributed by atoms with Crippen molar-refractivity contribution in [1.29, 1.82) is 5.26 Å². The zero-order valence-corrected chi connectivity index (χ0v) is 12.2. The van der Waals surface area contributed by atoms with Crippen LogP contribution in [0.4, 0.5) is 5.69 Å². The molecule has 5 heteroatoms. The van der Waals surface area contributed by atoms with E-state index in [1.54, 1.807) is 43.3 Å². The van der Waals surface area contributed by atoms with Crippen molar-refractivity contribution in [3.05, 3.63) is 59.1 Å². The number of nitrogens with zero attached hydrogens (tertiary/aromatic N) is 1. The molecule has 0 radical (unpaired) electrons. The molecule has 0 aliphatic heterocycles. The first kappa shape index (κ1) is 15.3. The summed E-state index contributed by atoms with van der Waals surface area (Å²) in [6.45, 7) is 3.22. The molecule has 1 N–H and O–H groups in total. The maximum atomic E-state index is 12.1. The molecular weight excluding hydrogens is 280 g/mol. The van der Waals surface area contributed by atoms with E-state index in [1.807, 2.05) is 6.07 Å². The third kappa shape index (κ3) is 3.70. The topological polar surface area (TPSA) is 83.1 Å². The Bertz CT molecular complexity index is 794. The van der Waals surface area contributed by atoms with Crippen molar-refractivity contribution >= 4 is 23.5 Å². The molecule has 2 aromatic rings. The Morgan fingerprint density at radius 1 is 1.27 bits per heavy atom. The number of rotatable bonds is 4. The summed E-state index contributed by atoms with van der Waals surface area (Å²) in [5, 5.41) is 11.7. The summed E-state index contributed by atoms with van der Waals surface area (Å²) in [6.07, 6.45) is 1.37. The van der Waals surface area contributed by atoms with Crippen LogP contribution in [0.1, 0.15) is 28.8 Å². The second-order valence-electron chi connectivity index (χ2n) is 4.71. The van der Waals surface area contributed by atoms with E-state index >= 15 is 0 Å². The molecule has 22 heavy (non-hydrogen) atoms. The van der Waals surface area contributed by atoms with Crippen LogP contribution in [0.2, 0.25) is 0 Å². The Hall–Kier alpha value is -3.13. The number of benzene rings is 1. The van der Waals surface area contributed by atoms with E-state index in [-0.39, 0.29) is 11.4 Å². The smallest absolute Gasteiger partial charge is 0.266 e. The van der Waals surface area contributed by atoms with Crippen LogP contribution in [-0.2, 0) is 4.79 Å². The molecule has 5 nitrogen and oxygen atoms in total. The van der Waals surface area contributed by atoms with Crippen LogP contribution >= 0.6 is 0 Å². The highest BCUT2D eigenvalue weighted by Crippen LogP contribution is 2.15. The summed E-state index contributed by atoms with van der Waals surface area (Å²) < 4.78 is 5.31. The standard InChI is InChI=1S/C17H14N2O3/c1-11-6-7-16(22-11)9-14(10-18)17(21)19-15-5-3-4-13(8-15)12(2)20/h3-9H,1-2H3,(H,19,21)/b14-9+. The van der Waals surface area contributed by atoms with E-state index in [4.69, 9.17) is 9.68 Å². The molecule has 0 fully saturated rings. The average Bonchev–Trinajstić information content (AvgIpc) is 2.90. The molecule has 1 amide bonds. The number of carbonyl (C=O) groups is 2. The maximum Gasteiger partial charge on any atom is 0.266 e. The molecule has 0 unspecified atom stereocenters. The predicted octanol–water partition coefficient (Wildman–Crippen LogP) is 3.34. The van der Waals surface area contributed by atoms with E-state index in [0.717, 1.165) is 0 Å². The highest BCUT2D eigenvalue weighted by atomic mass is 16.3. The van der Waals surface area contributed by atoms with Gasteiger partial charge in [-0.1, -0.05) is 12.1 Å². The largest absolute Gasteiger partial charge is 0.462 e. The van der Waals surface area contributed by atoms with Crippen LogP contribution in [-0.4, -0.2) is 11.7 Å². The molecule has 0 saturated carbocycles. The molecule has 110 valence electrons. The van der Waals surface area contributed by atoms with Gasteiger partial charge in [-0.05, 0) is 38.1 Å². The molecule has 0 aliphatic rings. The zero-order valence-electron chi connectivity index (χ0n) is 12.2. The summed E-state index contributed by atoms with van der Waals surface area (Å²) in [5.41, 5.74) is 0.860. The molecule has 0 bridgehead atoms. The van der Waals surface area contributed by atoms with E-state index < -0.39 is 5.91 Å². The Morgan fingerprint density at radius 3 is 2.64 bits per heavy atom. The zero-order chi connectivity index (χ0) is 16.1. The van der Waals surface area contributed by atoms with Crippen LogP contribution < -0.4 is 5.32 Å². The van der Waals surface area contributed by atoms with Crippen LogP contribution in [0.15, 0.2) is 46.4 Å². The van der Waals surface area contributed by atoms with Gasteiger partial charge in [0.25, 0.3) is 5.91 Å². The highest BCUT2D eigenvalue weighted by molar-refractivity contribution is 6.09. The minimum absolute atomic E-state index is 0.0809. The summed E-state index contributed by atoms with van der Waals surface area (Å²) in [4.78, 5) is 23.4. The van der Waals surface area contributed by atoms with Crippen molar-refractivity contribution < 1.29 is 14.0 Å². The lowest BCUT2D eigenvalue weighted by Gasteiger charge is -2.05. The number of carbonyl (C=O) groups excluding carboxylic acids is 2. The van der Waals surface area contributed by atoms with Gasteiger partial charge in [0.2, 0.25) is 0 Å². The van der Waals surface area contributed by atoms with Gasteiger partial charge in [-0.3, -0.25) is 9.59 Å². The maximum absolute atomic E-state index is 12.1. The molecule has 2 rings (SSSR count). The van der Waals surface area contributed by atoms with Gasteiger partial charge in [0, 0.05) is 17.3 Å². The molecule has 0 saturated heterocycles. The van der Waals surface area contributed by atoms with Crippen LogP contribution in [0, 0.1) is 18.3 Å².